The van der Waals surface area contributed by atoms with E-state index in [1.807, 2.05) is 30.3 Å². The smallest absolute Gasteiger partial charge is 0.269 e. The number of methoxy groups -OCH3 is 1. The molecule has 12 heteroatoms. The zero-order chi connectivity index (χ0) is 31.2. The molecule has 3 aliphatic rings. The predicted molar refractivity (Wildman–Crippen MR) is 157 cm³/mol. The standard InChI is InChI=1S/C32H32ClF2N5O4/c1-19-8-10-24-28(31(43)40(29(24)41)15-20-6-4-3-5-7-20)27(19)30(42)38-13-12-21(32(34,35)18-38)16-39-17-26(36-37-39)23-11-9-22(44-2)14-25(23)33/h3-11,14,17,19,21,24,27-28H,12-13,15-16,18H2,1-2H3. The Bertz CT molecular complexity index is 1610. The Kier molecular flexibility index (Phi) is 8.00. The molecule has 44 heavy (non-hydrogen) atoms. The van der Waals surface area contributed by atoms with Gasteiger partial charge in [-0.25, -0.2) is 8.78 Å². The number of likely N-dealkylation sites (tertiary alicyclic amines) is 2. The maximum Gasteiger partial charge on any atom is 0.269 e. The van der Waals surface area contributed by atoms with Crippen LogP contribution in [-0.4, -0.2) is 68.6 Å². The number of halogens is 3. The molecule has 0 bridgehead atoms. The van der Waals surface area contributed by atoms with Crippen molar-refractivity contribution in [1.29, 1.82) is 0 Å². The Morgan fingerprint density at radius 1 is 1.11 bits per heavy atom. The molecule has 3 heterocycles. The Balaban J connectivity index is 1.14. The lowest BCUT2D eigenvalue weighted by Crippen LogP contribution is -2.55. The van der Waals surface area contributed by atoms with Crippen LogP contribution >= 0.6 is 11.6 Å². The number of benzene rings is 2. The van der Waals surface area contributed by atoms with Crippen LogP contribution in [0.25, 0.3) is 11.3 Å². The monoisotopic (exact) mass is 623 g/mol. The third-order valence-corrected chi connectivity index (χ3v) is 9.30. The predicted octanol–water partition coefficient (Wildman–Crippen LogP) is 4.71. The van der Waals surface area contributed by atoms with E-state index < -0.39 is 48.0 Å². The number of hydrogen-bond donors (Lipinski definition) is 0. The van der Waals surface area contributed by atoms with E-state index in [-0.39, 0.29) is 37.9 Å². The number of rotatable bonds is 7. The number of hydrogen-bond acceptors (Lipinski definition) is 6. The van der Waals surface area contributed by atoms with E-state index in [4.69, 9.17) is 16.3 Å². The number of carbonyl (C=O) groups excluding carboxylic acids is 3. The third kappa shape index (κ3) is 5.49. The molecular formula is C32H32ClF2N5O4. The maximum atomic E-state index is 15.6. The van der Waals surface area contributed by atoms with Crippen LogP contribution in [0.5, 0.6) is 5.75 Å². The van der Waals surface area contributed by atoms with Crippen molar-refractivity contribution in [2.75, 3.05) is 20.2 Å². The lowest BCUT2D eigenvalue weighted by Gasteiger charge is -2.41. The molecule has 0 spiro atoms. The van der Waals surface area contributed by atoms with Crippen molar-refractivity contribution in [3.8, 4) is 17.0 Å². The Morgan fingerprint density at radius 3 is 2.59 bits per heavy atom. The van der Waals surface area contributed by atoms with Crippen LogP contribution in [0.2, 0.25) is 5.02 Å². The van der Waals surface area contributed by atoms with Crippen molar-refractivity contribution in [3.63, 3.8) is 0 Å². The van der Waals surface area contributed by atoms with Gasteiger partial charge in [0.2, 0.25) is 17.7 Å². The highest BCUT2D eigenvalue weighted by molar-refractivity contribution is 6.33. The molecule has 5 unspecified atom stereocenters. The highest BCUT2D eigenvalue weighted by Crippen LogP contribution is 2.44. The molecule has 2 saturated heterocycles. The van der Waals surface area contributed by atoms with E-state index in [9.17, 15) is 14.4 Å². The average Bonchev–Trinajstić information content (AvgIpc) is 3.56. The van der Waals surface area contributed by atoms with Gasteiger partial charge in [0, 0.05) is 18.0 Å². The number of carbonyl (C=O) groups is 3. The van der Waals surface area contributed by atoms with Gasteiger partial charge in [0.05, 0.1) is 55.7 Å². The molecule has 2 aliphatic heterocycles. The summed E-state index contributed by atoms with van der Waals surface area (Å²) in [6.45, 7) is 1.13. The zero-order valence-electron chi connectivity index (χ0n) is 24.3. The highest BCUT2D eigenvalue weighted by atomic mass is 35.5. The third-order valence-electron chi connectivity index (χ3n) is 8.99. The van der Waals surface area contributed by atoms with Gasteiger partial charge in [-0.2, -0.15) is 0 Å². The molecule has 2 aromatic carbocycles. The van der Waals surface area contributed by atoms with Crippen molar-refractivity contribution in [2.45, 2.75) is 32.4 Å². The zero-order valence-corrected chi connectivity index (χ0v) is 25.0. The number of imide groups is 1. The second-order valence-electron chi connectivity index (χ2n) is 11.7. The van der Waals surface area contributed by atoms with E-state index in [1.165, 1.54) is 16.7 Å². The molecule has 0 N–H and O–H groups in total. The number of amides is 3. The quantitative estimate of drug-likeness (QED) is 0.279. The first kappa shape index (κ1) is 29.9. The van der Waals surface area contributed by atoms with Gasteiger partial charge in [-0.15, -0.1) is 5.10 Å². The molecule has 1 aliphatic carbocycles. The first-order chi connectivity index (χ1) is 21.1. The molecule has 3 aromatic rings. The van der Waals surface area contributed by atoms with Crippen LogP contribution in [0.4, 0.5) is 8.78 Å². The fourth-order valence-corrected chi connectivity index (χ4v) is 6.84. The maximum absolute atomic E-state index is 15.6. The van der Waals surface area contributed by atoms with Gasteiger partial charge in [0.25, 0.3) is 5.92 Å². The van der Waals surface area contributed by atoms with E-state index in [1.54, 1.807) is 43.5 Å². The van der Waals surface area contributed by atoms with Crippen LogP contribution in [-0.2, 0) is 27.5 Å². The minimum Gasteiger partial charge on any atom is -0.497 e. The largest absolute Gasteiger partial charge is 0.497 e. The van der Waals surface area contributed by atoms with Crippen LogP contribution < -0.4 is 4.74 Å². The van der Waals surface area contributed by atoms with Gasteiger partial charge in [-0.05, 0) is 36.1 Å². The number of piperidine rings is 1. The molecular weight excluding hydrogens is 592 g/mol. The minimum absolute atomic E-state index is 0.0370. The van der Waals surface area contributed by atoms with Crippen LogP contribution in [0.3, 0.4) is 0 Å². The summed E-state index contributed by atoms with van der Waals surface area (Å²) >= 11 is 6.34. The van der Waals surface area contributed by atoms with Gasteiger partial charge in [0.15, 0.2) is 0 Å². The summed E-state index contributed by atoms with van der Waals surface area (Å²) in [6.07, 6.45) is 5.05. The molecule has 2 fully saturated rings. The van der Waals surface area contributed by atoms with E-state index >= 15 is 8.78 Å². The lowest BCUT2D eigenvalue weighted by atomic mass is 9.71. The molecule has 5 atom stereocenters. The van der Waals surface area contributed by atoms with Gasteiger partial charge in [-0.3, -0.25) is 24.0 Å². The summed E-state index contributed by atoms with van der Waals surface area (Å²) in [5.74, 6) is -8.01. The van der Waals surface area contributed by atoms with E-state index in [0.717, 1.165) is 10.5 Å². The summed E-state index contributed by atoms with van der Waals surface area (Å²) < 4.78 is 37.7. The second-order valence-corrected chi connectivity index (χ2v) is 12.2. The summed E-state index contributed by atoms with van der Waals surface area (Å²) in [4.78, 5) is 43.0. The molecule has 3 amide bonds. The number of ether oxygens (including phenoxy) is 1. The molecule has 9 nitrogen and oxygen atoms in total. The number of nitrogens with zero attached hydrogens (tertiary/aromatic N) is 5. The molecule has 6 rings (SSSR count). The van der Waals surface area contributed by atoms with Crippen molar-refractivity contribution in [1.82, 2.24) is 24.8 Å². The van der Waals surface area contributed by atoms with Crippen molar-refractivity contribution >= 4 is 29.3 Å². The SMILES string of the molecule is COc1ccc(-c2cn(CC3CCN(C(=O)C4C(C)C=CC5C(=O)N(Cc6ccccc6)C(=O)C54)CC3(F)F)nn2)c(Cl)c1. The fraction of sp³-hybridized carbons (Fsp3) is 0.406. The number of allylic oxidation sites excluding steroid dienone is 1. The Morgan fingerprint density at radius 2 is 1.89 bits per heavy atom. The normalized spacial score (nSPS) is 26.2. The van der Waals surface area contributed by atoms with Crippen LogP contribution in [0.1, 0.15) is 18.9 Å². The molecule has 0 saturated carbocycles. The molecule has 0 radical (unpaired) electrons. The van der Waals surface area contributed by atoms with E-state index in [0.29, 0.717) is 22.0 Å². The van der Waals surface area contributed by atoms with Crippen LogP contribution in [0, 0.1) is 29.6 Å². The minimum atomic E-state index is -3.21. The number of alkyl halides is 2. The summed E-state index contributed by atoms with van der Waals surface area (Å²) in [7, 11) is 1.53. The second kappa shape index (κ2) is 11.8. The first-order valence-corrected chi connectivity index (χ1v) is 14.9. The van der Waals surface area contributed by atoms with Gasteiger partial charge in [-0.1, -0.05) is 66.2 Å². The topological polar surface area (TPSA) is 97.6 Å². The summed E-state index contributed by atoms with van der Waals surface area (Å²) in [5, 5.41) is 8.55. The Labute approximate surface area is 258 Å². The Hall–Kier alpha value is -4.12. The fourth-order valence-electron chi connectivity index (χ4n) is 6.57. The average molecular weight is 624 g/mol. The van der Waals surface area contributed by atoms with E-state index in [2.05, 4.69) is 10.3 Å². The van der Waals surface area contributed by atoms with Crippen molar-refractivity contribution < 1.29 is 27.9 Å². The summed E-state index contributed by atoms with van der Waals surface area (Å²) in [5.41, 5.74) is 1.84. The van der Waals surface area contributed by atoms with Gasteiger partial charge < -0.3 is 9.64 Å². The van der Waals surface area contributed by atoms with Crippen LogP contribution in [0.15, 0.2) is 66.9 Å². The highest BCUT2D eigenvalue weighted by Gasteiger charge is 2.56. The molecule has 230 valence electrons. The van der Waals surface area contributed by atoms with Gasteiger partial charge >= 0.3 is 0 Å². The van der Waals surface area contributed by atoms with Crippen molar-refractivity contribution in [2.24, 2.45) is 29.6 Å². The lowest BCUT2D eigenvalue weighted by molar-refractivity contribution is -0.160. The first-order valence-electron chi connectivity index (χ1n) is 14.6. The van der Waals surface area contributed by atoms with Crippen molar-refractivity contribution in [3.05, 3.63) is 77.5 Å². The number of fused-ring (bicyclic) bond motifs is 1. The van der Waals surface area contributed by atoms with Gasteiger partial charge in [0.1, 0.15) is 11.4 Å². The number of aromatic nitrogens is 3. The summed E-state index contributed by atoms with van der Waals surface area (Å²) in [6, 6.07) is 14.2. The molecule has 1 aromatic heterocycles.